The lowest BCUT2D eigenvalue weighted by atomic mass is 9.98. The maximum absolute atomic E-state index is 11.2. The highest BCUT2D eigenvalue weighted by Crippen LogP contribution is 2.24. The van der Waals surface area contributed by atoms with E-state index in [1.807, 2.05) is 0 Å². The van der Waals surface area contributed by atoms with Crippen LogP contribution in [0.4, 0.5) is 5.13 Å². The molecule has 1 amide bonds. The number of nitrogens with two attached hydrogens (primary N) is 1. The molecule has 1 fully saturated rings. The van der Waals surface area contributed by atoms with Gasteiger partial charge in [-0.05, 0) is 12.8 Å². The standard InChI is InChI=1S/C11H18N4O2S/c1-17-6-4-9-13-11(18-14-9)15-5-2-3-8(7-15)10(12)16/h8H,2-7H2,1H3,(H2,12,16). The van der Waals surface area contributed by atoms with Crippen LogP contribution in [0, 0.1) is 5.92 Å². The van der Waals surface area contributed by atoms with Gasteiger partial charge in [0.1, 0.15) is 5.82 Å². The Kier molecular flexibility index (Phi) is 4.48. The number of hydrogen-bond acceptors (Lipinski definition) is 6. The summed E-state index contributed by atoms with van der Waals surface area (Å²) in [5.74, 6) is 0.520. The third-order valence-electron chi connectivity index (χ3n) is 3.08. The Labute approximate surface area is 110 Å². The molecule has 1 aliphatic heterocycles. The number of rotatable bonds is 5. The van der Waals surface area contributed by atoms with E-state index in [0.717, 1.165) is 36.8 Å². The lowest BCUT2D eigenvalue weighted by molar-refractivity contribution is -0.122. The molecule has 1 unspecified atom stereocenters. The van der Waals surface area contributed by atoms with Gasteiger partial charge in [0, 0.05) is 38.2 Å². The molecular formula is C11H18N4O2S. The average Bonchev–Trinajstić information content (AvgIpc) is 2.85. The SMILES string of the molecule is COCCc1nsc(N2CCCC(C(N)=O)C2)n1. The fourth-order valence-electron chi connectivity index (χ4n) is 2.05. The molecule has 1 atom stereocenters. The van der Waals surface area contributed by atoms with Crippen LogP contribution in [0.2, 0.25) is 0 Å². The number of nitrogens with zero attached hydrogens (tertiary/aromatic N) is 3. The zero-order valence-corrected chi connectivity index (χ0v) is 11.3. The second-order valence-corrected chi connectivity index (χ2v) is 5.15. The van der Waals surface area contributed by atoms with E-state index in [4.69, 9.17) is 10.5 Å². The molecule has 1 aromatic heterocycles. The number of ether oxygens (including phenoxy) is 1. The molecule has 1 aliphatic rings. The van der Waals surface area contributed by atoms with Crippen LogP contribution in [0.25, 0.3) is 0 Å². The monoisotopic (exact) mass is 270 g/mol. The van der Waals surface area contributed by atoms with Crippen LogP contribution in [0.5, 0.6) is 0 Å². The zero-order chi connectivity index (χ0) is 13.0. The summed E-state index contributed by atoms with van der Waals surface area (Å²) in [6, 6.07) is 0. The fourth-order valence-corrected chi connectivity index (χ4v) is 2.80. The highest BCUT2D eigenvalue weighted by atomic mass is 32.1. The third-order valence-corrected chi connectivity index (χ3v) is 3.90. The van der Waals surface area contributed by atoms with Gasteiger partial charge in [0.2, 0.25) is 11.0 Å². The number of hydrogen-bond donors (Lipinski definition) is 1. The topological polar surface area (TPSA) is 81.3 Å². The van der Waals surface area contributed by atoms with Crippen molar-refractivity contribution in [3.05, 3.63) is 5.82 Å². The summed E-state index contributed by atoms with van der Waals surface area (Å²) in [7, 11) is 1.66. The van der Waals surface area contributed by atoms with Crippen LogP contribution in [0.3, 0.4) is 0 Å². The van der Waals surface area contributed by atoms with Gasteiger partial charge in [-0.2, -0.15) is 4.37 Å². The molecule has 2 rings (SSSR count). The Morgan fingerprint density at radius 3 is 3.22 bits per heavy atom. The molecule has 2 heterocycles. The largest absolute Gasteiger partial charge is 0.384 e. The smallest absolute Gasteiger partial charge is 0.222 e. The van der Waals surface area contributed by atoms with Crippen molar-refractivity contribution in [1.82, 2.24) is 9.36 Å². The third kappa shape index (κ3) is 3.17. The number of piperidine rings is 1. The zero-order valence-electron chi connectivity index (χ0n) is 10.5. The van der Waals surface area contributed by atoms with Crippen molar-refractivity contribution in [2.45, 2.75) is 19.3 Å². The van der Waals surface area contributed by atoms with Gasteiger partial charge in [-0.1, -0.05) is 0 Å². The van der Waals surface area contributed by atoms with Crippen molar-refractivity contribution >= 4 is 22.6 Å². The van der Waals surface area contributed by atoms with E-state index in [9.17, 15) is 4.79 Å². The Morgan fingerprint density at radius 1 is 1.67 bits per heavy atom. The van der Waals surface area contributed by atoms with E-state index >= 15 is 0 Å². The van der Waals surface area contributed by atoms with Gasteiger partial charge in [0.15, 0.2) is 0 Å². The van der Waals surface area contributed by atoms with Crippen LogP contribution in [0.1, 0.15) is 18.7 Å². The summed E-state index contributed by atoms with van der Waals surface area (Å²) >= 11 is 1.38. The maximum atomic E-state index is 11.2. The lowest BCUT2D eigenvalue weighted by Crippen LogP contribution is -2.41. The second kappa shape index (κ2) is 6.10. The van der Waals surface area contributed by atoms with Crippen molar-refractivity contribution in [2.75, 3.05) is 31.7 Å². The molecule has 1 saturated heterocycles. The van der Waals surface area contributed by atoms with Gasteiger partial charge in [-0.3, -0.25) is 4.79 Å². The van der Waals surface area contributed by atoms with Crippen molar-refractivity contribution in [3.63, 3.8) is 0 Å². The van der Waals surface area contributed by atoms with Crippen LogP contribution in [0.15, 0.2) is 0 Å². The number of carbonyl (C=O) groups excluding carboxylic acids is 1. The van der Waals surface area contributed by atoms with E-state index in [-0.39, 0.29) is 11.8 Å². The number of methoxy groups -OCH3 is 1. The molecule has 18 heavy (non-hydrogen) atoms. The predicted octanol–water partition coefficient (Wildman–Crippen LogP) is 0.429. The molecule has 1 aromatic rings. The first kappa shape index (κ1) is 13.2. The van der Waals surface area contributed by atoms with E-state index in [1.54, 1.807) is 7.11 Å². The highest BCUT2D eigenvalue weighted by Gasteiger charge is 2.25. The minimum absolute atomic E-state index is 0.0647. The minimum atomic E-state index is -0.219. The second-order valence-electron chi connectivity index (χ2n) is 4.42. The van der Waals surface area contributed by atoms with E-state index in [0.29, 0.717) is 13.2 Å². The molecule has 0 aromatic carbocycles. The van der Waals surface area contributed by atoms with Crippen molar-refractivity contribution in [2.24, 2.45) is 11.7 Å². The number of amides is 1. The summed E-state index contributed by atoms with van der Waals surface area (Å²) in [4.78, 5) is 17.8. The molecule has 0 spiro atoms. The molecule has 0 radical (unpaired) electrons. The highest BCUT2D eigenvalue weighted by molar-refractivity contribution is 7.09. The van der Waals surface area contributed by atoms with Gasteiger partial charge in [0.25, 0.3) is 0 Å². The Balaban J connectivity index is 1.97. The summed E-state index contributed by atoms with van der Waals surface area (Å²) in [5.41, 5.74) is 5.36. The van der Waals surface area contributed by atoms with Crippen LogP contribution < -0.4 is 10.6 Å². The lowest BCUT2D eigenvalue weighted by Gasteiger charge is -2.30. The van der Waals surface area contributed by atoms with Crippen LogP contribution in [-0.2, 0) is 16.0 Å². The van der Waals surface area contributed by atoms with Crippen LogP contribution >= 0.6 is 11.5 Å². The molecule has 100 valence electrons. The van der Waals surface area contributed by atoms with Gasteiger partial charge in [-0.15, -0.1) is 0 Å². The molecule has 0 bridgehead atoms. The van der Waals surface area contributed by atoms with Crippen molar-refractivity contribution < 1.29 is 9.53 Å². The maximum Gasteiger partial charge on any atom is 0.222 e. The van der Waals surface area contributed by atoms with Crippen molar-refractivity contribution in [1.29, 1.82) is 0 Å². The number of primary amides is 1. The first-order chi connectivity index (χ1) is 8.70. The molecular weight excluding hydrogens is 252 g/mol. The number of aromatic nitrogens is 2. The molecule has 2 N–H and O–H groups in total. The molecule has 6 nitrogen and oxygen atoms in total. The quantitative estimate of drug-likeness (QED) is 0.839. The summed E-state index contributed by atoms with van der Waals surface area (Å²) < 4.78 is 9.29. The normalized spacial score (nSPS) is 20.1. The van der Waals surface area contributed by atoms with Crippen LogP contribution in [-0.4, -0.2) is 42.1 Å². The first-order valence-corrected chi connectivity index (χ1v) is 6.84. The summed E-state index contributed by atoms with van der Waals surface area (Å²) in [6.07, 6.45) is 2.57. The van der Waals surface area contributed by atoms with Gasteiger partial charge in [0.05, 0.1) is 12.5 Å². The Bertz CT molecular complexity index is 410. The number of carbonyl (C=O) groups is 1. The number of anilines is 1. The molecule has 0 saturated carbocycles. The fraction of sp³-hybridized carbons (Fsp3) is 0.727. The Morgan fingerprint density at radius 2 is 2.50 bits per heavy atom. The minimum Gasteiger partial charge on any atom is -0.384 e. The van der Waals surface area contributed by atoms with E-state index in [1.165, 1.54) is 11.5 Å². The van der Waals surface area contributed by atoms with Crippen molar-refractivity contribution in [3.8, 4) is 0 Å². The molecule has 0 aliphatic carbocycles. The molecule has 7 heteroatoms. The van der Waals surface area contributed by atoms with Gasteiger partial charge < -0.3 is 15.4 Å². The summed E-state index contributed by atoms with van der Waals surface area (Å²) in [6.45, 7) is 2.21. The average molecular weight is 270 g/mol. The first-order valence-electron chi connectivity index (χ1n) is 6.06. The summed E-state index contributed by atoms with van der Waals surface area (Å²) in [5, 5.41) is 0.882. The predicted molar refractivity (Wildman–Crippen MR) is 69.6 cm³/mol. The Hall–Kier alpha value is -1.21. The van der Waals surface area contributed by atoms with E-state index in [2.05, 4.69) is 14.3 Å². The van der Waals surface area contributed by atoms with Gasteiger partial charge in [-0.25, -0.2) is 4.98 Å². The van der Waals surface area contributed by atoms with Gasteiger partial charge >= 0.3 is 0 Å². The van der Waals surface area contributed by atoms with E-state index < -0.39 is 0 Å².